The van der Waals surface area contributed by atoms with Crippen LogP contribution in [0.3, 0.4) is 0 Å². The molecule has 0 radical (unpaired) electrons. The number of carbonyl (C=O) groups excluding carboxylic acids is 1. The van der Waals surface area contributed by atoms with Gasteiger partial charge in [-0.2, -0.15) is 0 Å². The summed E-state index contributed by atoms with van der Waals surface area (Å²) in [6.45, 7) is 5.38. The van der Waals surface area contributed by atoms with E-state index in [2.05, 4.69) is 10.6 Å². The summed E-state index contributed by atoms with van der Waals surface area (Å²) >= 11 is 0. The zero-order valence-corrected chi connectivity index (χ0v) is 11.2. The molecule has 104 valence electrons. The molecule has 19 heavy (non-hydrogen) atoms. The van der Waals surface area contributed by atoms with E-state index < -0.39 is 18.1 Å². The van der Waals surface area contributed by atoms with Crippen LogP contribution in [-0.4, -0.2) is 34.9 Å². The summed E-state index contributed by atoms with van der Waals surface area (Å²) in [5.74, 6) is -1.37. The summed E-state index contributed by atoms with van der Waals surface area (Å²) in [4.78, 5) is 22.0. The summed E-state index contributed by atoms with van der Waals surface area (Å²) in [7, 11) is 0. The Labute approximate surface area is 111 Å². The molecule has 0 bridgehead atoms. The van der Waals surface area contributed by atoms with Gasteiger partial charge in [-0.3, -0.25) is 0 Å². The molecule has 0 spiro atoms. The van der Waals surface area contributed by atoms with Gasteiger partial charge in [0.1, 0.15) is 0 Å². The minimum absolute atomic E-state index is 0.342. The molecule has 0 aliphatic rings. The van der Waals surface area contributed by atoms with Crippen LogP contribution in [0.4, 0.5) is 10.5 Å². The van der Waals surface area contributed by atoms with Crippen molar-refractivity contribution in [3.63, 3.8) is 0 Å². The van der Waals surface area contributed by atoms with Gasteiger partial charge >= 0.3 is 12.0 Å². The van der Waals surface area contributed by atoms with Crippen LogP contribution in [0.1, 0.15) is 16.7 Å². The predicted molar refractivity (Wildman–Crippen MR) is 71.3 cm³/mol. The Balaban J connectivity index is 2.65. The summed E-state index contributed by atoms with van der Waals surface area (Å²) in [5, 5.41) is 22.5. The van der Waals surface area contributed by atoms with Crippen molar-refractivity contribution in [2.75, 3.05) is 11.9 Å². The summed E-state index contributed by atoms with van der Waals surface area (Å²) in [6, 6.07) is 3.33. The number of anilines is 1. The van der Waals surface area contributed by atoms with Crippen LogP contribution in [-0.2, 0) is 4.79 Å². The van der Waals surface area contributed by atoms with Crippen LogP contribution >= 0.6 is 0 Å². The number of benzene rings is 1. The lowest BCUT2D eigenvalue weighted by molar-refractivity contribution is -0.146. The van der Waals surface area contributed by atoms with Crippen molar-refractivity contribution in [2.24, 2.45) is 0 Å². The standard InChI is InChI=1S/C13H18N2O4/c1-7-4-8(2)11(9(3)5-7)15-13(19)14-6-10(16)12(17)18/h4-5,10,16H,6H2,1-3H3,(H,17,18)(H2,14,15,19). The second-order valence-corrected chi connectivity index (χ2v) is 4.46. The number of aliphatic carboxylic acids is 1. The fourth-order valence-electron chi connectivity index (χ4n) is 1.81. The van der Waals surface area contributed by atoms with Crippen molar-refractivity contribution >= 4 is 17.7 Å². The molecule has 1 atom stereocenters. The van der Waals surface area contributed by atoms with Gasteiger partial charge < -0.3 is 20.8 Å². The van der Waals surface area contributed by atoms with Crippen molar-refractivity contribution < 1.29 is 19.8 Å². The van der Waals surface area contributed by atoms with E-state index in [1.165, 1.54) is 0 Å². The molecule has 0 fully saturated rings. The van der Waals surface area contributed by atoms with Crippen molar-refractivity contribution in [3.05, 3.63) is 28.8 Å². The highest BCUT2D eigenvalue weighted by atomic mass is 16.4. The molecule has 0 saturated heterocycles. The van der Waals surface area contributed by atoms with Gasteiger partial charge in [0.25, 0.3) is 0 Å². The van der Waals surface area contributed by atoms with E-state index in [1.54, 1.807) is 0 Å². The number of urea groups is 1. The van der Waals surface area contributed by atoms with E-state index in [-0.39, 0.29) is 6.54 Å². The second kappa shape index (κ2) is 6.19. The van der Waals surface area contributed by atoms with E-state index in [1.807, 2.05) is 32.9 Å². The fourth-order valence-corrected chi connectivity index (χ4v) is 1.81. The molecule has 1 rings (SSSR count). The highest BCUT2D eigenvalue weighted by Crippen LogP contribution is 2.21. The molecule has 6 nitrogen and oxygen atoms in total. The molecular weight excluding hydrogens is 248 g/mol. The third kappa shape index (κ3) is 4.26. The smallest absolute Gasteiger partial charge is 0.334 e. The molecule has 1 unspecified atom stereocenters. The van der Waals surface area contributed by atoms with Crippen molar-refractivity contribution in [1.29, 1.82) is 0 Å². The molecule has 2 amide bonds. The predicted octanol–water partition coefficient (Wildman–Crippen LogP) is 1.18. The minimum atomic E-state index is -1.61. The van der Waals surface area contributed by atoms with Crippen LogP contribution < -0.4 is 10.6 Å². The van der Waals surface area contributed by atoms with Gasteiger partial charge in [-0.25, -0.2) is 9.59 Å². The largest absolute Gasteiger partial charge is 0.479 e. The number of hydrogen-bond acceptors (Lipinski definition) is 3. The Kier molecular flexibility index (Phi) is 4.88. The lowest BCUT2D eigenvalue weighted by Gasteiger charge is -2.14. The van der Waals surface area contributed by atoms with Gasteiger partial charge in [0, 0.05) is 5.69 Å². The first-order valence-electron chi connectivity index (χ1n) is 5.85. The molecule has 0 aliphatic carbocycles. The van der Waals surface area contributed by atoms with E-state index >= 15 is 0 Å². The number of amides is 2. The van der Waals surface area contributed by atoms with Crippen LogP contribution in [0.15, 0.2) is 12.1 Å². The van der Waals surface area contributed by atoms with Gasteiger partial charge in [0.2, 0.25) is 0 Å². The van der Waals surface area contributed by atoms with E-state index in [0.717, 1.165) is 16.7 Å². The Hall–Kier alpha value is -2.08. The third-order valence-electron chi connectivity index (χ3n) is 2.66. The average molecular weight is 266 g/mol. The topological polar surface area (TPSA) is 98.7 Å². The normalized spacial score (nSPS) is 11.8. The summed E-state index contributed by atoms with van der Waals surface area (Å²) < 4.78 is 0. The van der Waals surface area contributed by atoms with Crippen molar-refractivity contribution in [2.45, 2.75) is 26.9 Å². The van der Waals surface area contributed by atoms with Crippen LogP contribution in [0.5, 0.6) is 0 Å². The van der Waals surface area contributed by atoms with E-state index in [0.29, 0.717) is 5.69 Å². The first-order valence-corrected chi connectivity index (χ1v) is 5.85. The zero-order chi connectivity index (χ0) is 14.6. The molecule has 6 heteroatoms. The number of nitrogens with one attached hydrogen (secondary N) is 2. The molecule has 0 aliphatic heterocycles. The number of aliphatic hydroxyl groups is 1. The number of aliphatic hydroxyl groups excluding tert-OH is 1. The average Bonchev–Trinajstić information content (AvgIpc) is 2.30. The quantitative estimate of drug-likeness (QED) is 0.657. The fraction of sp³-hybridized carbons (Fsp3) is 0.385. The minimum Gasteiger partial charge on any atom is -0.479 e. The molecule has 0 saturated carbocycles. The number of carbonyl (C=O) groups is 2. The van der Waals surface area contributed by atoms with Gasteiger partial charge in [-0.05, 0) is 31.9 Å². The Bertz CT molecular complexity index is 476. The number of rotatable bonds is 4. The molecular formula is C13H18N2O4. The first kappa shape index (κ1) is 15.0. The Morgan fingerprint density at radius 3 is 2.21 bits per heavy atom. The number of carboxylic acid groups (broad SMARTS) is 1. The zero-order valence-electron chi connectivity index (χ0n) is 11.2. The molecule has 0 aromatic heterocycles. The third-order valence-corrected chi connectivity index (χ3v) is 2.66. The Morgan fingerprint density at radius 2 is 1.74 bits per heavy atom. The maximum atomic E-state index is 11.6. The summed E-state index contributed by atoms with van der Waals surface area (Å²) in [6.07, 6.45) is -1.61. The van der Waals surface area contributed by atoms with Crippen LogP contribution in [0.2, 0.25) is 0 Å². The van der Waals surface area contributed by atoms with Crippen LogP contribution in [0.25, 0.3) is 0 Å². The second-order valence-electron chi connectivity index (χ2n) is 4.46. The van der Waals surface area contributed by atoms with E-state index in [4.69, 9.17) is 10.2 Å². The number of hydrogen-bond donors (Lipinski definition) is 4. The lowest BCUT2D eigenvalue weighted by atomic mass is 10.1. The molecule has 1 aromatic carbocycles. The number of carboxylic acids is 1. The van der Waals surface area contributed by atoms with Crippen molar-refractivity contribution in [1.82, 2.24) is 5.32 Å². The van der Waals surface area contributed by atoms with Gasteiger partial charge in [-0.1, -0.05) is 17.7 Å². The van der Waals surface area contributed by atoms with Gasteiger partial charge in [-0.15, -0.1) is 0 Å². The van der Waals surface area contributed by atoms with E-state index in [9.17, 15) is 9.59 Å². The molecule has 4 N–H and O–H groups in total. The first-order chi connectivity index (χ1) is 8.81. The Morgan fingerprint density at radius 1 is 1.21 bits per heavy atom. The maximum absolute atomic E-state index is 11.6. The monoisotopic (exact) mass is 266 g/mol. The summed E-state index contributed by atoms with van der Waals surface area (Å²) in [5.41, 5.74) is 3.63. The van der Waals surface area contributed by atoms with Gasteiger partial charge in [0.05, 0.1) is 6.54 Å². The van der Waals surface area contributed by atoms with Crippen molar-refractivity contribution in [3.8, 4) is 0 Å². The van der Waals surface area contributed by atoms with Gasteiger partial charge in [0.15, 0.2) is 6.10 Å². The highest BCUT2D eigenvalue weighted by Gasteiger charge is 2.14. The van der Waals surface area contributed by atoms with Crippen LogP contribution in [0, 0.1) is 20.8 Å². The SMILES string of the molecule is Cc1cc(C)c(NC(=O)NCC(O)C(=O)O)c(C)c1. The highest BCUT2D eigenvalue weighted by molar-refractivity contribution is 5.91. The maximum Gasteiger partial charge on any atom is 0.334 e. The molecule has 1 aromatic rings. The number of aryl methyl sites for hydroxylation is 3. The molecule has 0 heterocycles. The lowest BCUT2D eigenvalue weighted by Crippen LogP contribution is -2.38.